The molecule has 0 amide bonds. The third-order valence-corrected chi connectivity index (χ3v) is 6.08. The topological polar surface area (TPSA) is 98.5 Å². The molecule has 0 unspecified atom stereocenters. The van der Waals surface area contributed by atoms with Gasteiger partial charge in [0.1, 0.15) is 11.9 Å². The number of rotatable bonds is 5. The standard InChI is InChI=1S/C24H25N7O2/c1-15-7-21(22(12-27-15)33-20-9-17-13-32-14-18(10-20)28-17)16-3-6-31-19(8-16)11-23(30-31)29-24-25-4-2-5-26-24/h2-8,11-12,17-18,20,28H,9-10,13-14H2,1H3,(H,25,26,29,30)/t17-,18+,20-. The van der Waals surface area contributed by atoms with E-state index in [0.717, 1.165) is 54.1 Å². The molecule has 168 valence electrons. The minimum absolute atomic E-state index is 0.147. The second kappa shape index (κ2) is 8.42. The Morgan fingerprint density at radius 3 is 2.73 bits per heavy atom. The average molecular weight is 444 g/mol. The lowest BCUT2D eigenvalue weighted by molar-refractivity contribution is -0.0122. The summed E-state index contributed by atoms with van der Waals surface area (Å²) >= 11 is 0. The Bertz CT molecular complexity index is 1260. The molecular formula is C24H25N7O2. The fraction of sp³-hybridized carbons (Fsp3) is 0.333. The molecule has 0 radical (unpaired) electrons. The average Bonchev–Trinajstić information content (AvgIpc) is 3.22. The summed E-state index contributed by atoms with van der Waals surface area (Å²) in [5.74, 6) is 2.01. The Hall–Kier alpha value is -3.56. The van der Waals surface area contributed by atoms with Crippen molar-refractivity contribution in [2.45, 2.75) is 38.0 Å². The summed E-state index contributed by atoms with van der Waals surface area (Å²) in [7, 11) is 0. The molecule has 2 bridgehead atoms. The molecule has 2 aliphatic rings. The maximum Gasteiger partial charge on any atom is 0.228 e. The van der Waals surface area contributed by atoms with Gasteiger partial charge in [-0.1, -0.05) is 0 Å². The summed E-state index contributed by atoms with van der Waals surface area (Å²) in [6.07, 6.45) is 9.20. The van der Waals surface area contributed by atoms with Gasteiger partial charge in [0, 0.05) is 60.8 Å². The Morgan fingerprint density at radius 1 is 1.09 bits per heavy atom. The molecule has 0 aliphatic carbocycles. The van der Waals surface area contributed by atoms with Gasteiger partial charge in [-0.25, -0.2) is 14.5 Å². The monoisotopic (exact) mass is 443 g/mol. The molecule has 2 aliphatic heterocycles. The van der Waals surface area contributed by atoms with Gasteiger partial charge in [0.2, 0.25) is 5.95 Å². The van der Waals surface area contributed by atoms with E-state index in [2.05, 4.69) is 48.9 Å². The van der Waals surface area contributed by atoms with Crippen LogP contribution < -0.4 is 15.4 Å². The molecule has 2 fully saturated rings. The highest BCUT2D eigenvalue weighted by Crippen LogP contribution is 2.34. The number of nitrogens with one attached hydrogen (secondary N) is 2. The van der Waals surface area contributed by atoms with Gasteiger partial charge in [0.05, 0.1) is 24.9 Å². The molecule has 4 aromatic heterocycles. The van der Waals surface area contributed by atoms with Crippen molar-refractivity contribution >= 4 is 17.3 Å². The summed E-state index contributed by atoms with van der Waals surface area (Å²) < 4.78 is 14.0. The van der Waals surface area contributed by atoms with E-state index in [1.807, 2.05) is 29.9 Å². The maximum atomic E-state index is 6.52. The normalized spacial score (nSPS) is 22.3. The molecule has 33 heavy (non-hydrogen) atoms. The Kier molecular flexibility index (Phi) is 5.12. The third kappa shape index (κ3) is 4.24. The second-order valence-electron chi connectivity index (χ2n) is 8.64. The van der Waals surface area contributed by atoms with E-state index < -0.39 is 0 Å². The Labute approximate surface area is 191 Å². The summed E-state index contributed by atoms with van der Waals surface area (Å²) in [5.41, 5.74) is 4.00. The first-order valence-electron chi connectivity index (χ1n) is 11.2. The van der Waals surface area contributed by atoms with Gasteiger partial charge in [-0.05, 0) is 36.8 Å². The maximum absolute atomic E-state index is 6.52. The summed E-state index contributed by atoms with van der Waals surface area (Å²) in [6.45, 7) is 3.49. The highest BCUT2D eigenvalue weighted by molar-refractivity contribution is 5.75. The molecule has 6 heterocycles. The van der Waals surface area contributed by atoms with Gasteiger partial charge in [0.25, 0.3) is 0 Å². The number of nitrogens with zero attached hydrogens (tertiary/aromatic N) is 5. The zero-order valence-corrected chi connectivity index (χ0v) is 18.3. The van der Waals surface area contributed by atoms with Crippen molar-refractivity contribution in [3.8, 4) is 16.9 Å². The molecule has 0 saturated carbocycles. The van der Waals surface area contributed by atoms with Crippen molar-refractivity contribution in [2.24, 2.45) is 0 Å². The van der Waals surface area contributed by atoms with Crippen LogP contribution in [-0.4, -0.2) is 56.0 Å². The first-order valence-corrected chi connectivity index (χ1v) is 11.2. The van der Waals surface area contributed by atoms with Crippen LogP contribution >= 0.6 is 0 Å². The van der Waals surface area contributed by atoms with Gasteiger partial charge in [-0.2, -0.15) is 5.10 Å². The molecule has 2 N–H and O–H groups in total. The van der Waals surface area contributed by atoms with Crippen LogP contribution in [0.4, 0.5) is 11.8 Å². The number of ether oxygens (including phenoxy) is 2. The van der Waals surface area contributed by atoms with Crippen molar-refractivity contribution in [2.75, 3.05) is 18.5 Å². The summed E-state index contributed by atoms with van der Waals surface area (Å²) in [4.78, 5) is 12.9. The number of aromatic nitrogens is 5. The van der Waals surface area contributed by atoms with E-state index in [4.69, 9.17) is 9.47 Å². The van der Waals surface area contributed by atoms with E-state index in [0.29, 0.717) is 23.8 Å². The number of aryl methyl sites for hydroxylation is 1. The molecule has 2 saturated heterocycles. The Morgan fingerprint density at radius 2 is 1.91 bits per heavy atom. The molecular weight excluding hydrogens is 418 g/mol. The van der Waals surface area contributed by atoms with Crippen LogP contribution in [0, 0.1) is 6.92 Å². The van der Waals surface area contributed by atoms with Crippen LogP contribution in [0.5, 0.6) is 5.75 Å². The SMILES string of the molecule is Cc1cc(-c2ccn3nc(Nc4ncccn4)cc3c2)c(O[C@H]2C[C@H]3COC[C@@H](C2)N3)cn1. The van der Waals surface area contributed by atoms with Crippen molar-refractivity contribution in [1.29, 1.82) is 0 Å². The van der Waals surface area contributed by atoms with Crippen molar-refractivity contribution in [3.63, 3.8) is 0 Å². The second-order valence-corrected chi connectivity index (χ2v) is 8.64. The molecule has 6 rings (SSSR count). The van der Waals surface area contributed by atoms with E-state index in [1.54, 1.807) is 18.5 Å². The van der Waals surface area contributed by atoms with E-state index in [9.17, 15) is 0 Å². The molecule has 4 aromatic rings. The summed E-state index contributed by atoms with van der Waals surface area (Å²) in [5, 5.41) is 11.3. The summed E-state index contributed by atoms with van der Waals surface area (Å²) in [6, 6.07) is 10.7. The van der Waals surface area contributed by atoms with Crippen LogP contribution in [0.15, 0.2) is 55.1 Å². The number of piperidine rings is 1. The van der Waals surface area contributed by atoms with Crippen LogP contribution in [-0.2, 0) is 4.74 Å². The predicted molar refractivity (Wildman–Crippen MR) is 124 cm³/mol. The smallest absolute Gasteiger partial charge is 0.228 e. The lowest BCUT2D eigenvalue weighted by Crippen LogP contribution is -2.56. The van der Waals surface area contributed by atoms with Gasteiger partial charge in [-0.3, -0.25) is 4.98 Å². The van der Waals surface area contributed by atoms with Crippen molar-refractivity contribution < 1.29 is 9.47 Å². The van der Waals surface area contributed by atoms with E-state index in [1.165, 1.54) is 0 Å². The Balaban J connectivity index is 1.29. The van der Waals surface area contributed by atoms with Crippen LogP contribution in [0.2, 0.25) is 0 Å². The number of morpholine rings is 1. The number of hydrogen-bond acceptors (Lipinski definition) is 8. The largest absolute Gasteiger partial charge is 0.488 e. The lowest BCUT2D eigenvalue weighted by Gasteiger charge is -2.40. The number of pyridine rings is 2. The first kappa shape index (κ1) is 20.1. The lowest BCUT2D eigenvalue weighted by atomic mass is 9.94. The van der Waals surface area contributed by atoms with Gasteiger partial charge in [-0.15, -0.1) is 0 Å². The van der Waals surface area contributed by atoms with E-state index >= 15 is 0 Å². The zero-order valence-electron chi connectivity index (χ0n) is 18.3. The van der Waals surface area contributed by atoms with Crippen LogP contribution in [0.1, 0.15) is 18.5 Å². The number of anilines is 2. The van der Waals surface area contributed by atoms with Crippen LogP contribution in [0.3, 0.4) is 0 Å². The molecule has 9 nitrogen and oxygen atoms in total. The fourth-order valence-corrected chi connectivity index (χ4v) is 4.63. The van der Waals surface area contributed by atoms with E-state index in [-0.39, 0.29) is 6.10 Å². The zero-order chi connectivity index (χ0) is 22.2. The fourth-order valence-electron chi connectivity index (χ4n) is 4.63. The van der Waals surface area contributed by atoms with Gasteiger partial charge >= 0.3 is 0 Å². The molecule has 3 atom stereocenters. The highest BCUT2D eigenvalue weighted by Gasteiger charge is 2.33. The number of fused-ring (bicyclic) bond motifs is 3. The van der Waals surface area contributed by atoms with Gasteiger partial charge < -0.3 is 20.1 Å². The van der Waals surface area contributed by atoms with Crippen molar-refractivity contribution in [3.05, 3.63) is 60.8 Å². The highest BCUT2D eigenvalue weighted by atomic mass is 16.5. The van der Waals surface area contributed by atoms with Crippen LogP contribution in [0.25, 0.3) is 16.6 Å². The molecule has 9 heteroatoms. The quantitative estimate of drug-likeness (QED) is 0.485. The molecule has 0 spiro atoms. The minimum atomic E-state index is 0.147. The van der Waals surface area contributed by atoms with Crippen molar-refractivity contribution in [1.82, 2.24) is 29.9 Å². The third-order valence-electron chi connectivity index (χ3n) is 6.08. The first-order chi connectivity index (χ1) is 16.2. The minimum Gasteiger partial charge on any atom is -0.488 e. The molecule has 0 aromatic carbocycles. The number of hydrogen-bond donors (Lipinski definition) is 2. The predicted octanol–water partition coefficient (Wildman–Crippen LogP) is 3.14. The van der Waals surface area contributed by atoms with Gasteiger partial charge in [0.15, 0.2) is 5.82 Å².